The lowest BCUT2D eigenvalue weighted by molar-refractivity contribution is -0.122. The Morgan fingerprint density at radius 3 is 2.27 bits per heavy atom. The van der Waals surface area contributed by atoms with E-state index in [0.29, 0.717) is 5.69 Å². The van der Waals surface area contributed by atoms with Crippen molar-refractivity contribution in [3.8, 4) is 0 Å². The largest absolute Gasteiger partial charge is 0.398 e. The summed E-state index contributed by atoms with van der Waals surface area (Å²) >= 11 is 0. The van der Waals surface area contributed by atoms with Crippen LogP contribution in [0.4, 0.5) is 11.4 Å². The summed E-state index contributed by atoms with van der Waals surface area (Å²) in [6.45, 7) is 12.4. The van der Waals surface area contributed by atoms with Gasteiger partial charge in [0.1, 0.15) is 0 Å². The van der Waals surface area contributed by atoms with Crippen LogP contribution in [0, 0.1) is 12.8 Å². The second kappa shape index (κ2) is 8.79. The number of hydrogen-bond donors (Lipinski definition) is 2. The summed E-state index contributed by atoms with van der Waals surface area (Å²) in [4.78, 5) is 15.0. The summed E-state index contributed by atoms with van der Waals surface area (Å²) in [5.74, 6) is 0.320. The maximum Gasteiger partial charge on any atom is 0.241 e. The molecule has 0 spiro atoms. The maximum absolute atomic E-state index is 12.7. The van der Waals surface area contributed by atoms with Gasteiger partial charge < -0.3 is 11.1 Å². The number of aryl methyl sites for hydroxylation is 1. The minimum atomic E-state index is -0.109. The van der Waals surface area contributed by atoms with Crippen molar-refractivity contribution < 1.29 is 4.79 Å². The number of carbonyl (C=O) groups is 1. The third-order valence-electron chi connectivity index (χ3n) is 3.86. The molecule has 124 valence electrons. The van der Waals surface area contributed by atoms with Gasteiger partial charge in [-0.15, -0.1) is 0 Å². The molecule has 1 unspecified atom stereocenters. The predicted octanol–water partition coefficient (Wildman–Crippen LogP) is 3.66. The highest BCUT2D eigenvalue weighted by molar-refractivity contribution is 5.95. The minimum absolute atomic E-state index is 0.0557. The van der Waals surface area contributed by atoms with Crippen molar-refractivity contribution >= 4 is 17.3 Å². The van der Waals surface area contributed by atoms with E-state index in [9.17, 15) is 4.79 Å². The first-order valence-electron chi connectivity index (χ1n) is 8.31. The molecule has 22 heavy (non-hydrogen) atoms. The van der Waals surface area contributed by atoms with Crippen LogP contribution in [-0.4, -0.2) is 29.9 Å². The van der Waals surface area contributed by atoms with Crippen molar-refractivity contribution in [1.29, 1.82) is 0 Å². The molecular formula is C18H31N3O. The summed E-state index contributed by atoms with van der Waals surface area (Å²) in [6.07, 6.45) is 2.10. The van der Waals surface area contributed by atoms with Crippen molar-refractivity contribution in [3.63, 3.8) is 0 Å². The standard InChI is InChI=1S/C18H31N3O/c1-6-10-21(11-7-2)17(13(3)4)18(22)20-15-9-8-14(5)16(19)12-15/h8-9,12-13,17H,6-7,10-11,19H2,1-5H3,(H,20,22). The topological polar surface area (TPSA) is 58.4 Å². The zero-order valence-electron chi connectivity index (χ0n) is 14.6. The van der Waals surface area contributed by atoms with Crippen LogP contribution in [0.5, 0.6) is 0 Å². The van der Waals surface area contributed by atoms with Gasteiger partial charge in [0.05, 0.1) is 6.04 Å². The number of nitrogens with one attached hydrogen (secondary N) is 1. The number of nitrogens with zero attached hydrogens (tertiary/aromatic N) is 1. The number of rotatable bonds is 8. The van der Waals surface area contributed by atoms with Crippen LogP contribution in [0.1, 0.15) is 46.1 Å². The fourth-order valence-electron chi connectivity index (χ4n) is 2.79. The number of amides is 1. The monoisotopic (exact) mass is 305 g/mol. The summed E-state index contributed by atoms with van der Waals surface area (Å²) in [7, 11) is 0. The molecule has 1 amide bonds. The lowest BCUT2D eigenvalue weighted by Crippen LogP contribution is -2.48. The van der Waals surface area contributed by atoms with Gasteiger partial charge >= 0.3 is 0 Å². The van der Waals surface area contributed by atoms with Gasteiger partial charge in [0.25, 0.3) is 0 Å². The number of hydrogen-bond acceptors (Lipinski definition) is 3. The van der Waals surface area contributed by atoms with E-state index in [1.165, 1.54) is 0 Å². The number of nitrogen functional groups attached to an aromatic ring is 1. The molecule has 0 radical (unpaired) electrons. The summed E-state index contributed by atoms with van der Waals surface area (Å²) in [5, 5.41) is 3.03. The molecule has 0 aromatic heterocycles. The lowest BCUT2D eigenvalue weighted by atomic mass is 10.0. The third kappa shape index (κ3) is 5.02. The van der Waals surface area contributed by atoms with E-state index in [1.807, 2.05) is 25.1 Å². The second-order valence-electron chi connectivity index (χ2n) is 6.29. The van der Waals surface area contributed by atoms with E-state index in [2.05, 4.69) is 37.9 Å². The molecule has 0 saturated heterocycles. The Labute approximate surface area is 135 Å². The number of benzene rings is 1. The van der Waals surface area contributed by atoms with Crippen LogP contribution in [0.25, 0.3) is 0 Å². The van der Waals surface area contributed by atoms with Crippen LogP contribution in [0.3, 0.4) is 0 Å². The fraction of sp³-hybridized carbons (Fsp3) is 0.611. The van der Waals surface area contributed by atoms with Gasteiger partial charge in [0, 0.05) is 11.4 Å². The van der Waals surface area contributed by atoms with Gasteiger partial charge in [-0.2, -0.15) is 0 Å². The van der Waals surface area contributed by atoms with Gasteiger partial charge in [0.15, 0.2) is 0 Å². The van der Waals surface area contributed by atoms with Crippen LogP contribution in [0.2, 0.25) is 0 Å². The van der Waals surface area contributed by atoms with Gasteiger partial charge in [-0.05, 0) is 56.5 Å². The zero-order chi connectivity index (χ0) is 16.7. The second-order valence-corrected chi connectivity index (χ2v) is 6.29. The number of carbonyl (C=O) groups excluding carboxylic acids is 1. The van der Waals surface area contributed by atoms with E-state index in [4.69, 9.17) is 5.73 Å². The highest BCUT2D eigenvalue weighted by Crippen LogP contribution is 2.19. The molecule has 3 N–H and O–H groups in total. The van der Waals surface area contributed by atoms with E-state index in [1.54, 1.807) is 0 Å². The quantitative estimate of drug-likeness (QED) is 0.721. The van der Waals surface area contributed by atoms with Crippen molar-refractivity contribution in [3.05, 3.63) is 23.8 Å². The highest BCUT2D eigenvalue weighted by Gasteiger charge is 2.28. The molecule has 1 aromatic carbocycles. The van der Waals surface area contributed by atoms with Gasteiger partial charge in [0.2, 0.25) is 5.91 Å². The van der Waals surface area contributed by atoms with E-state index >= 15 is 0 Å². The Morgan fingerprint density at radius 1 is 1.23 bits per heavy atom. The molecule has 0 saturated carbocycles. The smallest absolute Gasteiger partial charge is 0.241 e. The predicted molar refractivity (Wildman–Crippen MR) is 95.0 cm³/mol. The molecule has 0 heterocycles. The summed E-state index contributed by atoms with van der Waals surface area (Å²) in [6, 6.07) is 5.56. The molecule has 0 aliphatic rings. The van der Waals surface area contributed by atoms with E-state index in [-0.39, 0.29) is 17.9 Å². The Kier molecular flexibility index (Phi) is 7.39. The number of nitrogens with two attached hydrogens (primary N) is 1. The third-order valence-corrected chi connectivity index (χ3v) is 3.86. The van der Waals surface area contributed by atoms with Gasteiger partial charge in [-0.1, -0.05) is 33.8 Å². The minimum Gasteiger partial charge on any atom is -0.398 e. The average molecular weight is 305 g/mol. The molecule has 4 nitrogen and oxygen atoms in total. The normalized spacial score (nSPS) is 12.7. The fourth-order valence-corrected chi connectivity index (χ4v) is 2.79. The van der Waals surface area contributed by atoms with Crippen LogP contribution >= 0.6 is 0 Å². The van der Waals surface area contributed by atoms with Crippen molar-refractivity contribution in [2.45, 2.75) is 53.5 Å². The number of anilines is 2. The SMILES string of the molecule is CCCN(CCC)C(C(=O)Nc1ccc(C)c(N)c1)C(C)C. The van der Waals surface area contributed by atoms with Gasteiger partial charge in [-0.3, -0.25) is 9.69 Å². The Hall–Kier alpha value is -1.55. The molecule has 0 fully saturated rings. The Balaban J connectivity index is 2.89. The molecule has 1 aromatic rings. The highest BCUT2D eigenvalue weighted by atomic mass is 16.2. The van der Waals surface area contributed by atoms with Crippen LogP contribution in [0.15, 0.2) is 18.2 Å². The van der Waals surface area contributed by atoms with E-state index in [0.717, 1.165) is 37.2 Å². The first-order valence-corrected chi connectivity index (χ1v) is 8.31. The molecular weight excluding hydrogens is 274 g/mol. The Morgan fingerprint density at radius 2 is 1.82 bits per heavy atom. The van der Waals surface area contributed by atoms with Crippen LogP contribution < -0.4 is 11.1 Å². The molecule has 4 heteroatoms. The molecule has 0 aliphatic heterocycles. The lowest BCUT2D eigenvalue weighted by Gasteiger charge is -2.33. The summed E-state index contributed by atoms with van der Waals surface area (Å²) in [5.41, 5.74) is 8.43. The first-order chi connectivity index (χ1) is 10.4. The Bertz CT molecular complexity index is 479. The zero-order valence-corrected chi connectivity index (χ0v) is 14.6. The molecule has 1 atom stereocenters. The van der Waals surface area contributed by atoms with Crippen molar-refractivity contribution in [2.75, 3.05) is 24.1 Å². The van der Waals surface area contributed by atoms with Gasteiger partial charge in [-0.25, -0.2) is 0 Å². The average Bonchev–Trinajstić information content (AvgIpc) is 2.43. The van der Waals surface area contributed by atoms with Crippen molar-refractivity contribution in [2.24, 2.45) is 5.92 Å². The van der Waals surface area contributed by atoms with E-state index < -0.39 is 0 Å². The van der Waals surface area contributed by atoms with Crippen LogP contribution in [-0.2, 0) is 4.79 Å². The summed E-state index contributed by atoms with van der Waals surface area (Å²) < 4.78 is 0. The van der Waals surface area contributed by atoms with Crippen molar-refractivity contribution in [1.82, 2.24) is 4.90 Å². The molecule has 0 bridgehead atoms. The first kappa shape index (κ1) is 18.5. The molecule has 0 aliphatic carbocycles. The molecule has 1 rings (SSSR count). The maximum atomic E-state index is 12.7.